The van der Waals surface area contributed by atoms with E-state index in [9.17, 15) is 18.2 Å². The van der Waals surface area contributed by atoms with Crippen molar-refractivity contribution in [1.82, 2.24) is 8.78 Å². The second-order valence-electron chi connectivity index (χ2n) is 9.60. The molecule has 0 spiro atoms. The molecule has 3 aromatic carbocycles. The molecule has 1 aliphatic rings. The molecule has 1 N–H and O–H groups in total. The van der Waals surface area contributed by atoms with Gasteiger partial charge in [-0.15, -0.1) is 0 Å². The van der Waals surface area contributed by atoms with Crippen molar-refractivity contribution in [1.29, 1.82) is 0 Å². The number of nitrogens with zero attached hydrogens (tertiary/aromatic N) is 3. The van der Waals surface area contributed by atoms with E-state index in [4.69, 9.17) is 6.57 Å². The average Bonchev–Trinajstić information content (AvgIpc) is 3.52. The van der Waals surface area contributed by atoms with Crippen molar-refractivity contribution >= 4 is 39.4 Å². The molecule has 1 fully saturated rings. The second kappa shape index (κ2) is 9.63. The Bertz CT molecular complexity index is 1610. The van der Waals surface area contributed by atoms with Crippen LogP contribution in [0.5, 0.6) is 0 Å². The molecule has 5 rings (SSSR count). The number of rotatable bonds is 7. The van der Waals surface area contributed by atoms with Crippen LogP contribution < -0.4 is 0 Å². The first-order chi connectivity index (χ1) is 17.7. The summed E-state index contributed by atoms with van der Waals surface area (Å²) in [5, 5.41) is 10.6. The molecule has 1 aliphatic heterocycles. The normalized spacial score (nSPS) is 18.1. The summed E-state index contributed by atoms with van der Waals surface area (Å²) in [5.74, 6) is -0.0731. The van der Waals surface area contributed by atoms with Crippen molar-refractivity contribution in [3.63, 3.8) is 0 Å². The van der Waals surface area contributed by atoms with Gasteiger partial charge in [-0.05, 0) is 56.0 Å². The zero-order chi connectivity index (χ0) is 26.2. The summed E-state index contributed by atoms with van der Waals surface area (Å²) in [6.07, 6.45) is 2.43. The van der Waals surface area contributed by atoms with Gasteiger partial charge >= 0.3 is 7.05 Å². The molecular weight excluding hydrogens is 485 g/mol. The monoisotopic (exact) mass is 511 g/mol. The van der Waals surface area contributed by atoms with Gasteiger partial charge in [-0.3, -0.25) is 8.77 Å². The van der Waals surface area contributed by atoms with Crippen molar-refractivity contribution in [3.05, 3.63) is 108 Å². The molecule has 4 aromatic rings. The number of Topliss-reactive ketones (excluding diaryl/α,β-unsaturated/α-hetero) is 1. The minimum absolute atomic E-state index is 0.0731. The summed E-state index contributed by atoms with van der Waals surface area (Å²) in [7, 11) is -4.59. The van der Waals surface area contributed by atoms with Crippen molar-refractivity contribution in [2.24, 2.45) is 5.41 Å². The highest BCUT2D eigenvalue weighted by Gasteiger charge is 2.46. The smallest absolute Gasteiger partial charge is 0.376 e. The fraction of sp³-hybridized carbons (Fsp3) is 0.214. The van der Waals surface area contributed by atoms with E-state index in [2.05, 4.69) is 4.85 Å². The Morgan fingerprint density at radius 3 is 2.38 bits per heavy atom. The maximum Gasteiger partial charge on any atom is 0.376 e. The van der Waals surface area contributed by atoms with Crippen LogP contribution in [-0.4, -0.2) is 48.1 Å². The predicted octanol–water partition coefficient (Wildman–Crippen LogP) is 4.66. The van der Waals surface area contributed by atoms with Crippen LogP contribution in [0.2, 0.25) is 6.82 Å². The molecule has 0 amide bonds. The van der Waals surface area contributed by atoms with Gasteiger partial charge in [0.05, 0.1) is 22.4 Å². The Labute approximate surface area is 217 Å². The quantitative estimate of drug-likeness (QED) is 0.222. The van der Waals surface area contributed by atoms with Gasteiger partial charge in [0.15, 0.2) is 5.78 Å². The van der Waals surface area contributed by atoms with Crippen LogP contribution >= 0.6 is 0 Å². The van der Waals surface area contributed by atoms with E-state index in [0.29, 0.717) is 42.4 Å². The third-order valence-corrected chi connectivity index (χ3v) is 8.90. The summed E-state index contributed by atoms with van der Waals surface area (Å²) in [4.78, 5) is 19.7. The van der Waals surface area contributed by atoms with Gasteiger partial charge in [0, 0.05) is 23.7 Å². The fourth-order valence-electron chi connectivity index (χ4n) is 5.24. The molecule has 1 atom stereocenters. The van der Waals surface area contributed by atoms with Crippen LogP contribution in [-0.2, 0) is 16.4 Å². The number of ketones is 1. The molecule has 0 aliphatic carbocycles. The van der Waals surface area contributed by atoms with E-state index < -0.39 is 22.5 Å². The predicted molar refractivity (Wildman–Crippen MR) is 144 cm³/mol. The standard InChI is InChI=1S/C28H26BN3O4S/c1-29(34)31-16-15-28(20-31,18-21-9-5-3-6-10-21)27(33)22-13-14-26-24(17-22)25(30-2)19-32(26)37(35,36)23-11-7-4-8-12-23/h3-14,17,19,34H,15-16,18,20H2,1H3. The SMILES string of the molecule is [C-]#[N+]c1cn(S(=O)(=O)c2ccccc2)c2ccc(C(=O)C3(Cc4ccccc4)CCN(B(C)O)C3)cc12. The van der Waals surface area contributed by atoms with Gasteiger partial charge < -0.3 is 9.83 Å². The molecule has 9 heteroatoms. The molecule has 37 heavy (non-hydrogen) atoms. The Morgan fingerprint density at radius 2 is 1.76 bits per heavy atom. The zero-order valence-electron chi connectivity index (χ0n) is 20.4. The molecule has 7 nitrogen and oxygen atoms in total. The van der Waals surface area contributed by atoms with Gasteiger partial charge in [-0.1, -0.05) is 54.6 Å². The van der Waals surface area contributed by atoms with E-state index in [1.54, 1.807) is 43.2 Å². The first kappa shape index (κ1) is 25.0. The lowest BCUT2D eigenvalue weighted by Crippen LogP contribution is -2.41. The first-order valence-corrected chi connectivity index (χ1v) is 13.5. The van der Waals surface area contributed by atoms with Gasteiger partial charge in [-0.2, -0.15) is 0 Å². The van der Waals surface area contributed by atoms with Crippen molar-refractivity contribution in [2.75, 3.05) is 13.1 Å². The lowest BCUT2D eigenvalue weighted by Gasteiger charge is -2.29. The van der Waals surface area contributed by atoms with E-state index in [1.165, 1.54) is 18.3 Å². The Morgan fingerprint density at radius 1 is 1.08 bits per heavy atom. The highest BCUT2D eigenvalue weighted by atomic mass is 32.2. The minimum Gasteiger partial charge on any atom is -0.437 e. The third-order valence-electron chi connectivity index (χ3n) is 7.21. The van der Waals surface area contributed by atoms with Gasteiger partial charge in [0.2, 0.25) is 5.69 Å². The van der Waals surface area contributed by atoms with Gasteiger partial charge in [0.25, 0.3) is 10.0 Å². The maximum absolute atomic E-state index is 14.1. The lowest BCUT2D eigenvalue weighted by molar-refractivity contribution is 0.0807. The van der Waals surface area contributed by atoms with Crippen molar-refractivity contribution < 1.29 is 18.2 Å². The summed E-state index contributed by atoms with van der Waals surface area (Å²) in [5.41, 5.74) is 1.23. The molecule has 1 aromatic heterocycles. The number of hydrogen-bond acceptors (Lipinski definition) is 5. The summed E-state index contributed by atoms with van der Waals surface area (Å²) in [6, 6.07) is 22.8. The van der Waals surface area contributed by atoms with Crippen LogP contribution in [0.4, 0.5) is 5.69 Å². The lowest BCUT2D eigenvalue weighted by atomic mass is 9.74. The third kappa shape index (κ3) is 4.48. The van der Waals surface area contributed by atoms with Crippen LogP contribution in [0.3, 0.4) is 0 Å². The van der Waals surface area contributed by atoms with Crippen LogP contribution in [0.25, 0.3) is 15.7 Å². The van der Waals surface area contributed by atoms with E-state index >= 15 is 0 Å². The number of carbonyl (C=O) groups is 1. The number of fused-ring (bicyclic) bond motifs is 1. The largest absolute Gasteiger partial charge is 0.437 e. The minimum atomic E-state index is -3.92. The van der Waals surface area contributed by atoms with Crippen molar-refractivity contribution in [2.45, 2.75) is 24.6 Å². The number of carbonyl (C=O) groups excluding carboxylic acids is 1. The summed E-state index contributed by atoms with van der Waals surface area (Å²) < 4.78 is 27.8. The van der Waals surface area contributed by atoms with E-state index in [-0.39, 0.29) is 16.4 Å². The molecular formula is C28H26BN3O4S. The highest BCUT2D eigenvalue weighted by Crippen LogP contribution is 2.40. The summed E-state index contributed by atoms with van der Waals surface area (Å²) in [6.45, 7) is 10.4. The highest BCUT2D eigenvalue weighted by molar-refractivity contribution is 7.90. The van der Waals surface area contributed by atoms with Crippen LogP contribution in [0.15, 0.2) is 90.0 Å². The first-order valence-electron chi connectivity index (χ1n) is 12.1. The molecule has 186 valence electrons. The second-order valence-corrected chi connectivity index (χ2v) is 11.4. The number of aromatic nitrogens is 1. The molecule has 0 saturated carbocycles. The molecule has 0 bridgehead atoms. The molecule has 1 saturated heterocycles. The van der Waals surface area contributed by atoms with Crippen LogP contribution in [0, 0.1) is 12.0 Å². The van der Waals surface area contributed by atoms with E-state index in [1.807, 2.05) is 35.1 Å². The Balaban J connectivity index is 1.59. The molecule has 2 heterocycles. The summed E-state index contributed by atoms with van der Waals surface area (Å²) >= 11 is 0. The fourth-order valence-corrected chi connectivity index (χ4v) is 6.63. The van der Waals surface area contributed by atoms with E-state index in [0.717, 1.165) is 9.54 Å². The zero-order valence-corrected chi connectivity index (χ0v) is 21.2. The average molecular weight is 511 g/mol. The molecule has 1 unspecified atom stereocenters. The Kier molecular flexibility index (Phi) is 6.50. The Hall–Kier alpha value is -3.71. The van der Waals surface area contributed by atoms with Gasteiger partial charge in [-0.25, -0.2) is 13.3 Å². The topological polar surface area (TPSA) is 84.0 Å². The van der Waals surface area contributed by atoms with Gasteiger partial charge in [0.1, 0.15) is 0 Å². The molecule has 0 radical (unpaired) electrons. The number of hydrogen-bond donors (Lipinski definition) is 1. The van der Waals surface area contributed by atoms with Crippen molar-refractivity contribution in [3.8, 4) is 0 Å². The number of benzene rings is 3. The van der Waals surface area contributed by atoms with Crippen LogP contribution in [0.1, 0.15) is 22.3 Å². The maximum atomic E-state index is 14.1.